The van der Waals surface area contributed by atoms with Crippen LogP contribution in [0.15, 0.2) is 28.3 Å². The van der Waals surface area contributed by atoms with E-state index < -0.39 is 25.6 Å². The highest BCUT2D eigenvalue weighted by atomic mass is 32.2. The van der Waals surface area contributed by atoms with E-state index in [4.69, 9.17) is 0 Å². The highest BCUT2D eigenvalue weighted by molar-refractivity contribution is 8.01. The van der Waals surface area contributed by atoms with Gasteiger partial charge in [-0.15, -0.1) is 0 Å². The molecule has 0 aromatic carbocycles. The maximum Gasteiger partial charge on any atom is 0.290 e. The zero-order chi connectivity index (χ0) is 14.8. The van der Waals surface area contributed by atoms with Crippen molar-refractivity contribution in [2.75, 3.05) is 5.75 Å². The molecule has 1 saturated heterocycles. The molecule has 110 valence electrons. The zero-order valence-electron chi connectivity index (χ0n) is 11.5. The summed E-state index contributed by atoms with van der Waals surface area (Å²) in [7, 11) is -4.39. The van der Waals surface area contributed by atoms with E-state index in [0.717, 1.165) is 5.57 Å². The summed E-state index contributed by atoms with van der Waals surface area (Å²) in [4.78, 5) is 2.73. The molecule has 20 heavy (non-hydrogen) atoms. The van der Waals surface area contributed by atoms with E-state index in [9.17, 15) is 13.0 Å². The van der Waals surface area contributed by atoms with Crippen LogP contribution in [0.2, 0.25) is 0 Å². The molecule has 0 saturated carbocycles. The number of allylic oxidation sites excluding steroid dienone is 2. The normalized spacial score (nSPS) is 43.6. The molecule has 0 aromatic rings. The Morgan fingerprint density at radius 2 is 2.10 bits per heavy atom. The minimum atomic E-state index is -4.39. The standard InChI is InChI=1S/C12H17N3O3S2/c1-8-6-9(2)11(20(16,17)18)10(3,7-8)14-12(15-11)13-4-5-19-12/h4,6-7,14-15H,5H2,1-3H3,(H,16,17,18). The van der Waals surface area contributed by atoms with Crippen molar-refractivity contribution in [2.45, 2.75) is 36.3 Å². The fourth-order valence-corrected chi connectivity index (χ4v) is 5.96. The number of thioether (sulfide) groups is 1. The predicted octanol–water partition coefficient (Wildman–Crippen LogP) is 0.857. The lowest BCUT2D eigenvalue weighted by atomic mass is 9.81. The van der Waals surface area contributed by atoms with Gasteiger partial charge in [-0.1, -0.05) is 29.5 Å². The van der Waals surface area contributed by atoms with Crippen LogP contribution in [0.25, 0.3) is 0 Å². The van der Waals surface area contributed by atoms with Gasteiger partial charge < -0.3 is 0 Å². The third-order valence-corrected chi connectivity index (χ3v) is 6.71. The van der Waals surface area contributed by atoms with Crippen LogP contribution in [0.3, 0.4) is 0 Å². The Kier molecular flexibility index (Phi) is 2.82. The first-order valence-corrected chi connectivity index (χ1v) is 8.68. The van der Waals surface area contributed by atoms with Gasteiger partial charge in [0.05, 0.1) is 5.54 Å². The lowest BCUT2D eigenvalue weighted by Gasteiger charge is -2.41. The molecule has 0 bridgehead atoms. The van der Waals surface area contributed by atoms with Crippen LogP contribution < -0.4 is 10.6 Å². The van der Waals surface area contributed by atoms with Gasteiger partial charge in [-0.3, -0.25) is 9.87 Å². The van der Waals surface area contributed by atoms with Gasteiger partial charge in [-0.05, 0) is 26.3 Å². The van der Waals surface area contributed by atoms with Gasteiger partial charge >= 0.3 is 0 Å². The summed E-state index contributed by atoms with van der Waals surface area (Å²) in [5.74, 6) is 0.684. The van der Waals surface area contributed by atoms with Crippen LogP contribution in [0.4, 0.5) is 0 Å². The van der Waals surface area contributed by atoms with Gasteiger partial charge in [0.2, 0.25) is 5.12 Å². The minimum absolute atomic E-state index is 0.551. The number of hydrogen-bond donors (Lipinski definition) is 3. The molecule has 0 amide bonds. The van der Waals surface area contributed by atoms with E-state index in [1.807, 2.05) is 13.0 Å². The molecule has 3 rings (SSSR count). The summed E-state index contributed by atoms with van der Waals surface area (Å²) < 4.78 is 34.3. The van der Waals surface area contributed by atoms with Crippen LogP contribution in [-0.2, 0) is 10.1 Å². The largest absolute Gasteiger partial charge is 0.290 e. The summed E-state index contributed by atoms with van der Waals surface area (Å²) in [5.41, 5.74) is 0.523. The second kappa shape index (κ2) is 3.95. The van der Waals surface area contributed by atoms with E-state index in [2.05, 4.69) is 15.6 Å². The number of rotatable bonds is 1. The van der Waals surface area contributed by atoms with E-state index in [0.29, 0.717) is 11.3 Å². The second-order valence-electron chi connectivity index (χ2n) is 5.59. The zero-order valence-corrected chi connectivity index (χ0v) is 13.1. The predicted molar refractivity (Wildman–Crippen MR) is 80.2 cm³/mol. The fourth-order valence-electron chi connectivity index (χ4n) is 3.46. The minimum Gasteiger partial charge on any atom is -0.284 e. The van der Waals surface area contributed by atoms with E-state index in [-0.39, 0.29) is 0 Å². The van der Waals surface area contributed by atoms with Gasteiger partial charge in [-0.2, -0.15) is 8.42 Å². The van der Waals surface area contributed by atoms with Crippen LogP contribution in [0.1, 0.15) is 20.8 Å². The van der Waals surface area contributed by atoms with Crippen molar-refractivity contribution in [1.29, 1.82) is 0 Å². The number of fused-ring (bicyclic) bond motifs is 1. The van der Waals surface area contributed by atoms with Gasteiger partial charge in [0.15, 0.2) is 4.87 Å². The van der Waals surface area contributed by atoms with Gasteiger partial charge in [0.25, 0.3) is 10.1 Å². The Bertz CT molecular complexity index is 669. The molecule has 1 fully saturated rings. The summed E-state index contributed by atoms with van der Waals surface area (Å²) >= 11 is 1.46. The monoisotopic (exact) mass is 315 g/mol. The van der Waals surface area contributed by atoms with Crippen LogP contribution >= 0.6 is 11.8 Å². The van der Waals surface area contributed by atoms with E-state index >= 15 is 0 Å². The van der Waals surface area contributed by atoms with E-state index in [1.54, 1.807) is 26.1 Å². The Morgan fingerprint density at radius 3 is 2.65 bits per heavy atom. The first-order chi connectivity index (χ1) is 9.14. The molecule has 0 radical (unpaired) electrons. The molecule has 2 heterocycles. The average Bonchev–Trinajstić information content (AvgIpc) is 2.80. The molecule has 1 spiro atoms. The Hall–Kier alpha value is -0.670. The number of hydrogen-bond acceptors (Lipinski definition) is 6. The lowest BCUT2D eigenvalue weighted by Crippen LogP contribution is -2.63. The van der Waals surface area contributed by atoms with Gasteiger partial charge in [0.1, 0.15) is 0 Å². The SMILES string of the molecule is CC1=CC2(C)NC3(N=CCS3)NC2(S(=O)(=O)O)C(C)=C1. The Balaban J connectivity index is 2.26. The highest BCUT2D eigenvalue weighted by Crippen LogP contribution is 2.49. The topological polar surface area (TPSA) is 90.8 Å². The van der Waals surface area contributed by atoms with Crippen molar-refractivity contribution in [3.05, 3.63) is 23.3 Å². The lowest BCUT2D eigenvalue weighted by molar-refractivity contribution is 0.364. The van der Waals surface area contributed by atoms with Crippen molar-refractivity contribution < 1.29 is 13.0 Å². The summed E-state index contributed by atoms with van der Waals surface area (Å²) in [5, 5.41) is 5.37. The van der Waals surface area contributed by atoms with Gasteiger partial charge in [-0.25, -0.2) is 10.3 Å². The first kappa shape index (κ1) is 14.3. The summed E-state index contributed by atoms with van der Waals surface area (Å²) in [6, 6.07) is 0. The van der Waals surface area contributed by atoms with Crippen molar-refractivity contribution in [3.63, 3.8) is 0 Å². The second-order valence-corrected chi connectivity index (χ2v) is 8.37. The molecule has 2 aliphatic heterocycles. The maximum absolute atomic E-state index is 12.2. The number of aliphatic imine (C=N–C) groups is 1. The molecule has 0 aromatic heterocycles. The van der Waals surface area contributed by atoms with Gasteiger partial charge in [0, 0.05) is 12.0 Å². The van der Waals surface area contributed by atoms with E-state index in [1.165, 1.54) is 11.8 Å². The number of nitrogens with zero attached hydrogens (tertiary/aromatic N) is 1. The maximum atomic E-state index is 12.2. The van der Waals surface area contributed by atoms with Crippen molar-refractivity contribution in [1.82, 2.24) is 10.6 Å². The van der Waals surface area contributed by atoms with Crippen LogP contribution in [-0.4, -0.2) is 40.5 Å². The Morgan fingerprint density at radius 1 is 1.40 bits per heavy atom. The molecule has 3 atom stereocenters. The van der Waals surface area contributed by atoms with Crippen LogP contribution in [0.5, 0.6) is 0 Å². The average molecular weight is 315 g/mol. The quantitative estimate of drug-likeness (QED) is 0.622. The third kappa shape index (κ3) is 1.62. The molecule has 3 unspecified atom stereocenters. The smallest absolute Gasteiger partial charge is 0.284 e. The van der Waals surface area contributed by atoms with Crippen molar-refractivity contribution in [2.24, 2.45) is 4.99 Å². The van der Waals surface area contributed by atoms with Crippen molar-refractivity contribution in [3.8, 4) is 0 Å². The molecular weight excluding hydrogens is 298 g/mol. The molecule has 8 heteroatoms. The number of nitrogens with one attached hydrogen (secondary N) is 2. The first-order valence-electron chi connectivity index (χ1n) is 6.26. The molecule has 6 nitrogen and oxygen atoms in total. The molecule has 3 N–H and O–H groups in total. The highest BCUT2D eigenvalue weighted by Gasteiger charge is 2.69. The van der Waals surface area contributed by atoms with Crippen molar-refractivity contribution >= 4 is 28.1 Å². The van der Waals surface area contributed by atoms with Crippen LogP contribution in [0, 0.1) is 0 Å². The summed E-state index contributed by atoms with van der Waals surface area (Å²) in [6.07, 6.45) is 5.33. The molecule has 3 aliphatic rings. The molecular formula is C12H17N3O3S2. The molecule has 1 aliphatic carbocycles. The third-order valence-electron chi connectivity index (χ3n) is 4.05. The fraction of sp³-hybridized carbons (Fsp3) is 0.583. The summed E-state index contributed by atoms with van der Waals surface area (Å²) in [6.45, 7) is 5.37. The Labute approximate surface area is 122 Å².